The Balaban J connectivity index is 2.05. The number of anilines is 1. The fourth-order valence-corrected chi connectivity index (χ4v) is 5.69. The van der Waals surface area contributed by atoms with E-state index in [2.05, 4.69) is 10.6 Å². The van der Waals surface area contributed by atoms with Crippen molar-refractivity contribution < 1.29 is 27.2 Å². The molecule has 0 aliphatic carbocycles. The molecule has 1 heterocycles. The first-order valence-electron chi connectivity index (χ1n) is 11.7. The Labute approximate surface area is 220 Å². The van der Waals surface area contributed by atoms with Gasteiger partial charge in [0.1, 0.15) is 11.2 Å². The van der Waals surface area contributed by atoms with Crippen LogP contribution in [0.5, 0.6) is 0 Å². The Morgan fingerprint density at radius 3 is 2.27 bits per heavy atom. The second-order valence-corrected chi connectivity index (χ2v) is 11.6. The molecule has 0 saturated carbocycles. The summed E-state index contributed by atoms with van der Waals surface area (Å²) in [5, 5.41) is 4.75. The third kappa shape index (κ3) is 5.63. The Morgan fingerprint density at radius 2 is 1.70 bits per heavy atom. The van der Waals surface area contributed by atoms with Gasteiger partial charge in [0.15, 0.2) is 0 Å². The smallest absolute Gasteiger partial charge is 0.303 e. The van der Waals surface area contributed by atoms with E-state index >= 15 is 0 Å². The molecule has 0 spiro atoms. The van der Waals surface area contributed by atoms with Crippen LogP contribution >= 0.6 is 11.6 Å². The van der Waals surface area contributed by atoms with Crippen molar-refractivity contribution in [2.45, 2.75) is 39.0 Å². The number of halogens is 2. The Kier molecular flexibility index (Phi) is 8.31. The van der Waals surface area contributed by atoms with Gasteiger partial charge in [0, 0.05) is 26.1 Å². The third-order valence-electron chi connectivity index (χ3n) is 6.30. The molecular formula is C25H30ClFN4O5S. The fourth-order valence-electron chi connectivity index (χ4n) is 4.12. The SMILES string of the molecule is CNC(=O)c1cc(Cl)c(F)cc1NC(=O)C1(c2ccccc2C(C)C)CN(S(=O)(=O)NC(=O)C(C)C)C1. The average molecular weight is 553 g/mol. The van der Waals surface area contributed by atoms with Crippen LogP contribution in [0.4, 0.5) is 10.1 Å². The van der Waals surface area contributed by atoms with Gasteiger partial charge in [-0.2, -0.15) is 12.7 Å². The zero-order chi connectivity index (χ0) is 27.7. The molecule has 3 rings (SSSR count). The van der Waals surface area contributed by atoms with Gasteiger partial charge in [-0.3, -0.25) is 14.4 Å². The molecule has 0 bridgehead atoms. The molecule has 12 heteroatoms. The predicted octanol–water partition coefficient (Wildman–Crippen LogP) is 3.17. The lowest BCUT2D eigenvalue weighted by Crippen LogP contribution is -2.68. The van der Waals surface area contributed by atoms with Gasteiger partial charge in [0.2, 0.25) is 11.8 Å². The molecule has 0 unspecified atom stereocenters. The summed E-state index contributed by atoms with van der Waals surface area (Å²) in [5.41, 5.74) is -0.105. The molecule has 37 heavy (non-hydrogen) atoms. The van der Waals surface area contributed by atoms with Crippen molar-refractivity contribution in [3.05, 3.63) is 63.9 Å². The van der Waals surface area contributed by atoms with Crippen LogP contribution in [0.1, 0.15) is 55.1 Å². The highest BCUT2D eigenvalue weighted by Crippen LogP contribution is 2.41. The number of hydrogen-bond donors (Lipinski definition) is 3. The minimum absolute atomic E-state index is 0.00147. The molecule has 1 saturated heterocycles. The van der Waals surface area contributed by atoms with Gasteiger partial charge >= 0.3 is 10.2 Å². The Hall–Kier alpha value is -3.02. The van der Waals surface area contributed by atoms with Gasteiger partial charge in [-0.1, -0.05) is 63.6 Å². The molecular weight excluding hydrogens is 523 g/mol. The Bertz CT molecular complexity index is 1340. The molecule has 200 valence electrons. The van der Waals surface area contributed by atoms with Gasteiger partial charge in [0.05, 0.1) is 16.3 Å². The number of hydrogen-bond acceptors (Lipinski definition) is 5. The molecule has 2 aromatic rings. The summed E-state index contributed by atoms with van der Waals surface area (Å²) in [6.07, 6.45) is 0. The molecule has 3 amide bonds. The summed E-state index contributed by atoms with van der Waals surface area (Å²) in [5.74, 6) is -3.29. The van der Waals surface area contributed by atoms with E-state index in [0.717, 1.165) is 22.0 Å². The van der Waals surface area contributed by atoms with Crippen LogP contribution in [0.15, 0.2) is 36.4 Å². The number of carbonyl (C=O) groups is 3. The molecule has 2 aromatic carbocycles. The zero-order valence-electron chi connectivity index (χ0n) is 21.2. The lowest BCUT2D eigenvalue weighted by Gasteiger charge is -2.48. The first-order valence-corrected chi connectivity index (χ1v) is 13.5. The van der Waals surface area contributed by atoms with Crippen LogP contribution in [-0.2, 0) is 25.2 Å². The molecule has 9 nitrogen and oxygen atoms in total. The topological polar surface area (TPSA) is 125 Å². The van der Waals surface area contributed by atoms with Crippen LogP contribution in [0.3, 0.4) is 0 Å². The van der Waals surface area contributed by atoms with Crippen molar-refractivity contribution >= 4 is 45.2 Å². The van der Waals surface area contributed by atoms with E-state index in [1.165, 1.54) is 7.05 Å². The Morgan fingerprint density at radius 1 is 1.08 bits per heavy atom. The first-order chi connectivity index (χ1) is 17.2. The highest BCUT2D eigenvalue weighted by Gasteiger charge is 2.55. The minimum atomic E-state index is -4.21. The van der Waals surface area contributed by atoms with E-state index in [1.54, 1.807) is 26.0 Å². The van der Waals surface area contributed by atoms with Crippen molar-refractivity contribution in [2.24, 2.45) is 5.92 Å². The largest absolute Gasteiger partial charge is 0.355 e. The molecule has 1 aliphatic rings. The lowest BCUT2D eigenvalue weighted by atomic mass is 9.71. The highest BCUT2D eigenvalue weighted by atomic mass is 35.5. The summed E-state index contributed by atoms with van der Waals surface area (Å²) in [7, 11) is -2.83. The lowest BCUT2D eigenvalue weighted by molar-refractivity contribution is -0.125. The van der Waals surface area contributed by atoms with Crippen molar-refractivity contribution in [3.8, 4) is 0 Å². The van der Waals surface area contributed by atoms with Crippen molar-refractivity contribution in [1.82, 2.24) is 14.3 Å². The molecule has 3 N–H and O–H groups in total. The van der Waals surface area contributed by atoms with Gasteiger partial charge in [-0.05, 0) is 29.2 Å². The quantitative estimate of drug-likeness (QED) is 0.464. The predicted molar refractivity (Wildman–Crippen MR) is 139 cm³/mol. The minimum Gasteiger partial charge on any atom is -0.355 e. The van der Waals surface area contributed by atoms with Crippen LogP contribution in [0, 0.1) is 11.7 Å². The molecule has 0 radical (unpaired) electrons. The number of amides is 3. The van der Waals surface area contributed by atoms with Crippen LogP contribution in [-0.4, -0.2) is 50.6 Å². The summed E-state index contributed by atoms with van der Waals surface area (Å²) >= 11 is 5.86. The molecule has 0 aromatic heterocycles. The third-order valence-corrected chi connectivity index (χ3v) is 7.99. The fraction of sp³-hybridized carbons (Fsp3) is 0.400. The second-order valence-electron chi connectivity index (χ2n) is 9.56. The van der Waals surface area contributed by atoms with Crippen molar-refractivity contribution in [2.75, 3.05) is 25.5 Å². The number of carbonyl (C=O) groups excluding carboxylic acids is 3. The summed E-state index contributed by atoms with van der Waals surface area (Å²) in [4.78, 5) is 38.3. The summed E-state index contributed by atoms with van der Waals surface area (Å²) < 4.78 is 43.1. The molecule has 1 aliphatic heterocycles. The monoisotopic (exact) mass is 552 g/mol. The number of nitrogens with one attached hydrogen (secondary N) is 3. The van der Waals surface area contributed by atoms with Crippen LogP contribution in [0.2, 0.25) is 5.02 Å². The summed E-state index contributed by atoms with van der Waals surface area (Å²) in [6.45, 7) is 6.47. The van der Waals surface area contributed by atoms with Crippen molar-refractivity contribution in [1.29, 1.82) is 0 Å². The zero-order valence-corrected chi connectivity index (χ0v) is 22.8. The van der Waals surface area contributed by atoms with Gasteiger partial charge in [0.25, 0.3) is 5.91 Å². The number of nitrogens with zero attached hydrogens (tertiary/aromatic N) is 1. The number of benzene rings is 2. The molecule has 0 atom stereocenters. The maximum atomic E-state index is 14.3. The van der Waals surface area contributed by atoms with E-state index in [0.29, 0.717) is 5.56 Å². The van der Waals surface area contributed by atoms with Gasteiger partial charge < -0.3 is 10.6 Å². The van der Waals surface area contributed by atoms with Gasteiger partial charge in [-0.15, -0.1) is 0 Å². The molecule has 1 fully saturated rings. The first kappa shape index (κ1) is 28.5. The number of rotatable bonds is 8. The van der Waals surface area contributed by atoms with Crippen molar-refractivity contribution in [3.63, 3.8) is 0 Å². The van der Waals surface area contributed by atoms with E-state index < -0.39 is 45.1 Å². The van der Waals surface area contributed by atoms with Crippen LogP contribution < -0.4 is 15.4 Å². The normalized spacial score (nSPS) is 15.3. The second kappa shape index (κ2) is 10.8. The van der Waals surface area contributed by atoms with E-state index in [9.17, 15) is 27.2 Å². The summed E-state index contributed by atoms with van der Waals surface area (Å²) in [6, 6.07) is 9.21. The average Bonchev–Trinajstić information content (AvgIpc) is 2.79. The highest BCUT2D eigenvalue weighted by molar-refractivity contribution is 7.87. The maximum Gasteiger partial charge on any atom is 0.303 e. The van der Waals surface area contributed by atoms with Gasteiger partial charge in [-0.25, -0.2) is 9.11 Å². The van der Waals surface area contributed by atoms with E-state index in [-0.39, 0.29) is 35.3 Å². The van der Waals surface area contributed by atoms with E-state index in [1.807, 2.05) is 30.7 Å². The maximum absolute atomic E-state index is 14.3. The van der Waals surface area contributed by atoms with Crippen LogP contribution in [0.25, 0.3) is 0 Å². The van der Waals surface area contributed by atoms with E-state index in [4.69, 9.17) is 11.6 Å². The standard InChI is InChI=1S/C25H30ClFN4O5S/c1-14(2)16-8-6-7-9-18(16)25(12-31(13-25)37(35,36)30-22(32)15(3)4)24(34)29-21-11-20(27)19(26)10-17(21)23(33)28-5/h6-11,14-15H,12-13H2,1-5H3,(H,28,33)(H,29,34)(H,30,32).